The Morgan fingerprint density at radius 3 is 2.33 bits per heavy atom. The van der Waals surface area contributed by atoms with Crippen molar-refractivity contribution in [1.82, 2.24) is 20.2 Å². The van der Waals surface area contributed by atoms with Crippen LogP contribution in [-0.2, 0) is 4.43 Å². The lowest BCUT2D eigenvalue weighted by atomic mass is 10.2. The molecule has 21 heavy (non-hydrogen) atoms. The maximum atomic E-state index is 6.37. The third kappa shape index (κ3) is 3.38. The molecule has 114 valence electrons. The van der Waals surface area contributed by atoms with Crippen molar-refractivity contribution >= 4 is 8.32 Å². The molecule has 0 spiro atoms. The Hall–Kier alpha value is -1.53. The smallest absolute Gasteiger partial charge is 0.194 e. The van der Waals surface area contributed by atoms with Gasteiger partial charge in [0, 0.05) is 5.56 Å². The van der Waals surface area contributed by atoms with Crippen LogP contribution in [0.3, 0.4) is 0 Å². The van der Waals surface area contributed by atoms with Gasteiger partial charge in [-0.05, 0) is 35.5 Å². The van der Waals surface area contributed by atoms with E-state index in [-0.39, 0.29) is 11.3 Å². The standard InChI is InChI=1S/C15H24N4OSi/c1-12(20-21(5,6)15(2,3)4)19-14(16-17-18-19)13-10-8-7-9-11-13/h7-12H,1-6H3/t12-/m0/s1. The van der Waals surface area contributed by atoms with Gasteiger partial charge in [0.2, 0.25) is 0 Å². The molecule has 6 heteroatoms. The van der Waals surface area contributed by atoms with Gasteiger partial charge in [0.15, 0.2) is 14.1 Å². The first-order valence-electron chi connectivity index (χ1n) is 7.23. The molecule has 5 nitrogen and oxygen atoms in total. The summed E-state index contributed by atoms with van der Waals surface area (Å²) < 4.78 is 8.13. The third-order valence-electron chi connectivity index (χ3n) is 4.14. The first-order valence-corrected chi connectivity index (χ1v) is 10.1. The monoisotopic (exact) mass is 304 g/mol. The van der Waals surface area contributed by atoms with E-state index in [1.165, 1.54) is 0 Å². The van der Waals surface area contributed by atoms with E-state index in [2.05, 4.69) is 49.4 Å². The van der Waals surface area contributed by atoms with Crippen LogP contribution in [-0.4, -0.2) is 28.5 Å². The molecule has 0 radical (unpaired) electrons. The van der Waals surface area contributed by atoms with E-state index in [9.17, 15) is 0 Å². The second-order valence-electron chi connectivity index (χ2n) is 6.79. The molecular formula is C15H24N4OSi. The Morgan fingerprint density at radius 1 is 1.14 bits per heavy atom. The molecule has 0 unspecified atom stereocenters. The van der Waals surface area contributed by atoms with Gasteiger partial charge in [-0.25, -0.2) is 0 Å². The predicted octanol–water partition coefficient (Wildman–Crippen LogP) is 3.88. The zero-order valence-electron chi connectivity index (χ0n) is 13.7. The van der Waals surface area contributed by atoms with Crippen molar-refractivity contribution in [3.8, 4) is 11.4 Å². The summed E-state index contributed by atoms with van der Waals surface area (Å²) in [5.74, 6) is 0.738. The number of tetrazole rings is 1. The molecule has 1 atom stereocenters. The summed E-state index contributed by atoms with van der Waals surface area (Å²) in [6, 6.07) is 9.94. The Kier molecular flexibility index (Phi) is 4.29. The van der Waals surface area contributed by atoms with Crippen LogP contribution in [0.25, 0.3) is 11.4 Å². The van der Waals surface area contributed by atoms with Crippen LogP contribution in [0.15, 0.2) is 30.3 Å². The molecule has 1 aromatic carbocycles. The minimum Gasteiger partial charge on any atom is -0.396 e. The minimum absolute atomic E-state index is 0.155. The lowest BCUT2D eigenvalue weighted by molar-refractivity contribution is 0.119. The Labute approximate surface area is 127 Å². The third-order valence-corrected chi connectivity index (χ3v) is 8.68. The SMILES string of the molecule is C[C@H](O[Si](C)(C)C(C)(C)C)n1nnnc1-c1ccccc1. The summed E-state index contributed by atoms with van der Waals surface area (Å²) in [6.45, 7) is 13.1. The molecule has 0 aliphatic carbocycles. The fourth-order valence-corrected chi connectivity index (χ4v) is 3.18. The molecule has 2 aromatic rings. The molecule has 0 amide bonds. The Morgan fingerprint density at radius 2 is 1.76 bits per heavy atom. The second-order valence-corrected chi connectivity index (χ2v) is 11.5. The molecule has 2 rings (SSSR count). The van der Waals surface area contributed by atoms with E-state index >= 15 is 0 Å². The van der Waals surface area contributed by atoms with Crippen molar-refractivity contribution in [3.63, 3.8) is 0 Å². The van der Waals surface area contributed by atoms with Crippen LogP contribution < -0.4 is 0 Å². The quantitative estimate of drug-likeness (QED) is 0.804. The zero-order chi connectivity index (χ0) is 15.7. The molecule has 0 bridgehead atoms. The van der Waals surface area contributed by atoms with E-state index < -0.39 is 8.32 Å². The van der Waals surface area contributed by atoms with Gasteiger partial charge in [0.05, 0.1) is 0 Å². The van der Waals surface area contributed by atoms with Crippen molar-refractivity contribution < 1.29 is 4.43 Å². The maximum Gasteiger partial charge on any atom is 0.194 e. The molecule has 0 N–H and O–H groups in total. The van der Waals surface area contributed by atoms with E-state index in [4.69, 9.17) is 4.43 Å². The van der Waals surface area contributed by atoms with Crippen LogP contribution in [0.5, 0.6) is 0 Å². The van der Waals surface area contributed by atoms with Gasteiger partial charge >= 0.3 is 0 Å². The van der Waals surface area contributed by atoms with Crippen molar-refractivity contribution in [2.45, 2.75) is 52.1 Å². The highest BCUT2D eigenvalue weighted by Crippen LogP contribution is 2.38. The summed E-state index contributed by atoms with van der Waals surface area (Å²) in [5.41, 5.74) is 0.994. The molecule has 0 aliphatic heterocycles. The lowest BCUT2D eigenvalue weighted by Crippen LogP contribution is -2.42. The predicted molar refractivity (Wildman–Crippen MR) is 86.2 cm³/mol. The highest BCUT2D eigenvalue weighted by molar-refractivity contribution is 6.74. The van der Waals surface area contributed by atoms with E-state index in [1.807, 2.05) is 37.3 Å². The molecule has 1 aromatic heterocycles. The topological polar surface area (TPSA) is 52.8 Å². The Balaban J connectivity index is 2.26. The highest BCUT2D eigenvalue weighted by atomic mass is 28.4. The molecule has 1 heterocycles. The zero-order valence-corrected chi connectivity index (χ0v) is 14.7. The summed E-state index contributed by atoms with van der Waals surface area (Å²) in [4.78, 5) is 0. The van der Waals surface area contributed by atoms with Gasteiger partial charge in [-0.15, -0.1) is 5.10 Å². The van der Waals surface area contributed by atoms with Gasteiger partial charge in [0.25, 0.3) is 0 Å². The first kappa shape index (κ1) is 15.8. The van der Waals surface area contributed by atoms with Gasteiger partial charge in [-0.3, -0.25) is 0 Å². The average molecular weight is 304 g/mol. The summed E-state index contributed by atoms with van der Waals surface area (Å²) >= 11 is 0. The van der Waals surface area contributed by atoms with Crippen LogP contribution in [0, 0.1) is 0 Å². The van der Waals surface area contributed by atoms with Gasteiger partial charge in [-0.1, -0.05) is 51.1 Å². The highest BCUT2D eigenvalue weighted by Gasteiger charge is 2.39. The van der Waals surface area contributed by atoms with Gasteiger partial charge in [0.1, 0.15) is 6.23 Å². The minimum atomic E-state index is -1.86. The second kappa shape index (κ2) is 5.69. The number of hydrogen-bond donors (Lipinski definition) is 0. The number of hydrogen-bond acceptors (Lipinski definition) is 4. The number of benzene rings is 1. The number of nitrogens with zero attached hydrogens (tertiary/aromatic N) is 4. The van der Waals surface area contributed by atoms with Crippen LogP contribution in [0.4, 0.5) is 0 Å². The van der Waals surface area contributed by atoms with Crippen LogP contribution in [0.1, 0.15) is 33.9 Å². The van der Waals surface area contributed by atoms with Gasteiger partial charge in [-0.2, -0.15) is 4.68 Å². The molecule has 0 fully saturated rings. The van der Waals surface area contributed by atoms with Crippen LogP contribution in [0.2, 0.25) is 18.1 Å². The van der Waals surface area contributed by atoms with E-state index in [0.29, 0.717) is 0 Å². The van der Waals surface area contributed by atoms with Crippen molar-refractivity contribution in [3.05, 3.63) is 30.3 Å². The number of rotatable bonds is 4. The Bertz CT molecular complexity index is 589. The molecule has 0 aliphatic rings. The fourth-order valence-electron chi connectivity index (χ4n) is 1.87. The summed E-state index contributed by atoms with van der Waals surface area (Å²) in [6.07, 6.45) is -0.184. The first-order chi connectivity index (χ1) is 9.72. The largest absolute Gasteiger partial charge is 0.396 e. The van der Waals surface area contributed by atoms with E-state index in [1.54, 1.807) is 4.68 Å². The maximum absolute atomic E-state index is 6.37. The van der Waals surface area contributed by atoms with Crippen molar-refractivity contribution in [2.24, 2.45) is 0 Å². The van der Waals surface area contributed by atoms with Gasteiger partial charge < -0.3 is 4.43 Å². The number of aromatic nitrogens is 4. The van der Waals surface area contributed by atoms with Crippen LogP contribution >= 0.6 is 0 Å². The van der Waals surface area contributed by atoms with E-state index in [0.717, 1.165) is 11.4 Å². The van der Waals surface area contributed by atoms with Crippen molar-refractivity contribution in [2.75, 3.05) is 0 Å². The summed E-state index contributed by atoms with van der Waals surface area (Å²) in [7, 11) is -1.86. The van der Waals surface area contributed by atoms with Crippen molar-refractivity contribution in [1.29, 1.82) is 0 Å². The normalized spacial score (nSPS) is 14.2. The lowest BCUT2D eigenvalue weighted by Gasteiger charge is -2.38. The molecule has 0 saturated heterocycles. The molecular weight excluding hydrogens is 280 g/mol. The fraction of sp³-hybridized carbons (Fsp3) is 0.533. The summed E-state index contributed by atoms with van der Waals surface area (Å²) in [5, 5.41) is 12.2. The average Bonchev–Trinajstić information content (AvgIpc) is 2.87. The molecule has 0 saturated carbocycles.